The first-order valence-electron chi connectivity index (χ1n) is 10.4. The van der Waals surface area contributed by atoms with Crippen LogP contribution in [0.3, 0.4) is 0 Å². The quantitative estimate of drug-likeness (QED) is 0.734. The number of quaternary nitrogens is 1. The number of carbonyl (C=O) groups excluding carboxylic acids is 1. The van der Waals surface area contributed by atoms with E-state index >= 15 is 0 Å². The Morgan fingerprint density at radius 1 is 0.759 bits per heavy atom. The zero-order valence-corrected chi connectivity index (χ0v) is 17.5. The number of likely N-dealkylation sites (N-methyl/N-ethyl adjacent to an activating group) is 1. The van der Waals surface area contributed by atoms with Gasteiger partial charge in [-0.1, -0.05) is 24.3 Å². The van der Waals surface area contributed by atoms with E-state index in [1.54, 1.807) is 0 Å². The number of carbonyl (C=O) groups is 1. The van der Waals surface area contributed by atoms with Gasteiger partial charge in [-0.2, -0.15) is 0 Å². The van der Waals surface area contributed by atoms with Gasteiger partial charge in [0, 0.05) is 0 Å². The van der Waals surface area contributed by atoms with Gasteiger partial charge < -0.3 is 14.4 Å². The van der Waals surface area contributed by atoms with Gasteiger partial charge >= 0.3 is 0 Å². The first-order valence-corrected chi connectivity index (χ1v) is 10.4. The van der Waals surface area contributed by atoms with E-state index in [4.69, 9.17) is 9.47 Å². The average molecular weight is 393 g/mol. The van der Waals surface area contributed by atoms with E-state index < -0.39 is 0 Å². The SMILES string of the molecule is CCOc1ccc(/C=C2/C[NH+](CC)C/C(=C\c3ccc(OCC)cc3)C2=O)cc1. The molecule has 2 aromatic carbocycles. The summed E-state index contributed by atoms with van der Waals surface area (Å²) in [5.41, 5.74) is 3.76. The monoisotopic (exact) mass is 392 g/mol. The highest BCUT2D eigenvalue weighted by Gasteiger charge is 2.28. The third-order valence-electron chi connectivity index (χ3n) is 5.03. The highest BCUT2D eigenvalue weighted by atomic mass is 16.5. The van der Waals surface area contributed by atoms with Gasteiger partial charge in [-0.05, 0) is 68.3 Å². The highest BCUT2D eigenvalue weighted by molar-refractivity contribution is 6.14. The van der Waals surface area contributed by atoms with Gasteiger partial charge in [0.25, 0.3) is 0 Å². The molecule has 152 valence electrons. The molecule has 0 radical (unpaired) electrons. The molecule has 1 heterocycles. The molecule has 1 saturated heterocycles. The second kappa shape index (κ2) is 10.1. The number of ketones is 1. The molecule has 2 aromatic rings. The summed E-state index contributed by atoms with van der Waals surface area (Å²) in [7, 11) is 0. The summed E-state index contributed by atoms with van der Waals surface area (Å²) in [4.78, 5) is 14.5. The lowest BCUT2D eigenvalue weighted by Gasteiger charge is -2.25. The fraction of sp³-hybridized carbons (Fsp3) is 0.320. The van der Waals surface area contributed by atoms with Crippen molar-refractivity contribution in [2.24, 2.45) is 0 Å². The van der Waals surface area contributed by atoms with Crippen LogP contribution in [0, 0.1) is 0 Å². The Hall–Kier alpha value is -2.85. The van der Waals surface area contributed by atoms with E-state index in [-0.39, 0.29) is 5.78 Å². The number of piperidine rings is 1. The molecule has 0 amide bonds. The van der Waals surface area contributed by atoms with Crippen LogP contribution < -0.4 is 14.4 Å². The van der Waals surface area contributed by atoms with Gasteiger partial charge in [0.15, 0.2) is 5.78 Å². The summed E-state index contributed by atoms with van der Waals surface area (Å²) in [6.07, 6.45) is 4.03. The van der Waals surface area contributed by atoms with Crippen molar-refractivity contribution in [1.29, 1.82) is 0 Å². The molecule has 1 fully saturated rings. The standard InChI is InChI=1S/C25H29NO3/c1-4-26-17-21(15-19-7-11-23(12-8-19)28-5-2)25(27)22(18-26)16-20-9-13-24(14-10-20)29-6-3/h7-16H,4-6,17-18H2,1-3H3/p+1/b21-15-,22-16+. The molecule has 3 rings (SSSR count). The lowest BCUT2D eigenvalue weighted by atomic mass is 9.94. The van der Waals surface area contributed by atoms with E-state index in [9.17, 15) is 4.79 Å². The number of nitrogens with one attached hydrogen (secondary N) is 1. The predicted octanol–water partition coefficient (Wildman–Crippen LogP) is 3.44. The minimum Gasteiger partial charge on any atom is -0.494 e. The topological polar surface area (TPSA) is 40.0 Å². The van der Waals surface area contributed by atoms with Crippen molar-refractivity contribution in [3.8, 4) is 11.5 Å². The molecule has 0 bridgehead atoms. The van der Waals surface area contributed by atoms with E-state index in [0.717, 1.165) is 53.4 Å². The molecule has 4 heteroatoms. The Morgan fingerprint density at radius 2 is 1.17 bits per heavy atom. The fourth-order valence-corrected chi connectivity index (χ4v) is 3.51. The van der Waals surface area contributed by atoms with Crippen LogP contribution in [-0.4, -0.2) is 38.6 Å². The molecular formula is C25H30NO3+. The van der Waals surface area contributed by atoms with Gasteiger partial charge in [0.1, 0.15) is 24.6 Å². The van der Waals surface area contributed by atoms with Crippen molar-refractivity contribution in [2.75, 3.05) is 32.8 Å². The van der Waals surface area contributed by atoms with Crippen LogP contribution >= 0.6 is 0 Å². The van der Waals surface area contributed by atoms with Crippen molar-refractivity contribution in [3.05, 3.63) is 70.8 Å². The van der Waals surface area contributed by atoms with Gasteiger partial charge in [0.05, 0.1) is 30.9 Å². The van der Waals surface area contributed by atoms with Crippen LogP contribution in [0.1, 0.15) is 31.9 Å². The Bertz CT molecular complexity index is 808. The van der Waals surface area contributed by atoms with Crippen molar-refractivity contribution < 1.29 is 19.2 Å². The molecule has 29 heavy (non-hydrogen) atoms. The molecule has 1 atom stereocenters. The maximum atomic E-state index is 13.1. The molecule has 1 N–H and O–H groups in total. The normalized spacial score (nSPS) is 19.6. The molecular weight excluding hydrogens is 362 g/mol. The molecule has 4 nitrogen and oxygen atoms in total. The third-order valence-corrected chi connectivity index (χ3v) is 5.03. The van der Waals surface area contributed by atoms with Crippen LogP contribution in [0.5, 0.6) is 11.5 Å². The number of Topliss-reactive ketones (excluding diaryl/α,β-unsaturated/α-hetero) is 1. The van der Waals surface area contributed by atoms with Crippen LogP contribution in [-0.2, 0) is 4.79 Å². The maximum Gasteiger partial charge on any atom is 0.196 e. The number of hydrogen-bond donors (Lipinski definition) is 1. The van der Waals surface area contributed by atoms with Crippen LogP contribution in [0.2, 0.25) is 0 Å². The summed E-state index contributed by atoms with van der Waals surface area (Å²) in [5.74, 6) is 1.84. The molecule has 1 aliphatic heterocycles. The summed E-state index contributed by atoms with van der Waals surface area (Å²) in [5, 5.41) is 0. The fourth-order valence-electron chi connectivity index (χ4n) is 3.51. The molecule has 1 unspecified atom stereocenters. The highest BCUT2D eigenvalue weighted by Crippen LogP contribution is 2.19. The Morgan fingerprint density at radius 3 is 1.52 bits per heavy atom. The van der Waals surface area contributed by atoms with Crippen molar-refractivity contribution in [2.45, 2.75) is 20.8 Å². The lowest BCUT2D eigenvalue weighted by Crippen LogP contribution is -3.13. The molecule has 0 spiro atoms. The minimum absolute atomic E-state index is 0.143. The van der Waals surface area contributed by atoms with Gasteiger partial charge in [-0.25, -0.2) is 0 Å². The van der Waals surface area contributed by atoms with Crippen molar-refractivity contribution in [3.63, 3.8) is 0 Å². The van der Waals surface area contributed by atoms with Gasteiger partial charge in [-0.15, -0.1) is 0 Å². The number of benzene rings is 2. The number of likely N-dealkylation sites (tertiary alicyclic amines) is 1. The Labute approximate surface area is 173 Å². The zero-order valence-electron chi connectivity index (χ0n) is 17.5. The second-order valence-corrected chi connectivity index (χ2v) is 7.13. The smallest absolute Gasteiger partial charge is 0.196 e. The second-order valence-electron chi connectivity index (χ2n) is 7.13. The molecule has 0 aliphatic carbocycles. The van der Waals surface area contributed by atoms with Crippen LogP contribution in [0.15, 0.2) is 59.7 Å². The van der Waals surface area contributed by atoms with Crippen molar-refractivity contribution >= 4 is 17.9 Å². The summed E-state index contributed by atoms with van der Waals surface area (Å²) in [6, 6.07) is 15.8. The van der Waals surface area contributed by atoms with E-state index in [1.165, 1.54) is 4.90 Å². The van der Waals surface area contributed by atoms with Crippen LogP contribution in [0.4, 0.5) is 0 Å². The first kappa shape index (κ1) is 20.9. The van der Waals surface area contributed by atoms with Gasteiger partial charge in [-0.3, -0.25) is 4.79 Å². The third kappa shape index (κ3) is 5.58. The zero-order chi connectivity index (χ0) is 20.6. The van der Waals surface area contributed by atoms with E-state index in [1.807, 2.05) is 74.5 Å². The Balaban J connectivity index is 1.84. The first-order chi connectivity index (χ1) is 14.1. The lowest BCUT2D eigenvalue weighted by molar-refractivity contribution is -0.889. The molecule has 0 aromatic heterocycles. The predicted molar refractivity (Wildman–Crippen MR) is 117 cm³/mol. The number of ether oxygens (including phenoxy) is 2. The van der Waals surface area contributed by atoms with Crippen molar-refractivity contribution in [1.82, 2.24) is 0 Å². The van der Waals surface area contributed by atoms with Crippen LogP contribution in [0.25, 0.3) is 12.2 Å². The minimum atomic E-state index is 0.143. The average Bonchev–Trinajstić information content (AvgIpc) is 2.74. The summed E-state index contributed by atoms with van der Waals surface area (Å²) < 4.78 is 11.0. The number of hydrogen-bond acceptors (Lipinski definition) is 3. The van der Waals surface area contributed by atoms with Gasteiger partial charge in [0.2, 0.25) is 0 Å². The largest absolute Gasteiger partial charge is 0.494 e. The maximum absolute atomic E-state index is 13.1. The van der Waals surface area contributed by atoms with E-state index in [0.29, 0.717) is 13.2 Å². The molecule has 1 aliphatic rings. The summed E-state index contributed by atoms with van der Waals surface area (Å²) >= 11 is 0. The molecule has 0 saturated carbocycles. The Kier molecular flexibility index (Phi) is 7.25. The van der Waals surface area contributed by atoms with E-state index in [2.05, 4.69) is 6.92 Å². The summed E-state index contributed by atoms with van der Waals surface area (Å²) in [6.45, 7) is 9.88. The number of rotatable bonds is 7.